The Labute approximate surface area is 172 Å². The zero-order valence-corrected chi connectivity index (χ0v) is 19.1. The minimum atomic E-state index is -1.21. The molecule has 0 amide bonds. The SMILES string of the molecule is CCCCCC1CCC([C@H]2CC[Si@](C)(CCc3ccc(F)c(F)c3)CC2)CC1. The van der Waals surface area contributed by atoms with E-state index in [9.17, 15) is 8.78 Å². The second-order valence-electron chi connectivity index (χ2n) is 10.2. The Balaban J connectivity index is 1.39. The van der Waals surface area contributed by atoms with Gasteiger partial charge in [0.1, 0.15) is 0 Å². The van der Waals surface area contributed by atoms with Crippen LogP contribution in [0.5, 0.6) is 0 Å². The molecule has 2 fully saturated rings. The van der Waals surface area contributed by atoms with Crippen LogP contribution in [-0.4, -0.2) is 8.07 Å². The number of rotatable bonds is 8. The summed E-state index contributed by atoms with van der Waals surface area (Å²) in [5.41, 5.74) is 0.969. The topological polar surface area (TPSA) is 0 Å². The number of benzene rings is 1. The van der Waals surface area contributed by atoms with Crippen LogP contribution in [0.1, 0.15) is 76.7 Å². The third-order valence-corrected chi connectivity index (χ3v) is 12.5. The highest BCUT2D eigenvalue weighted by Gasteiger charge is 2.36. The lowest BCUT2D eigenvalue weighted by molar-refractivity contribution is 0.183. The van der Waals surface area contributed by atoms with Gasteiger partial charge in [0.05, 0.1) is 8.07 Å². The molecule has 0 atom stereocenters. The molecule has 2 aliphatic rings. The lowest BCUT2D eigenvalue weighted by atomic mass is 9.73. The minimum Gasteiger partial charge on any atom is -0.204 e. The predicted molar refractivity (Wildman–Crippen MR) is 118 cm³/mol. The van der Waals surface area contributed by atoms with E-state index in [1.807, 2.05) is 0 Å². The van der Waals surface area contributed by atoms with Crippen LogP contribution in [0.25, 0.3) is 0 Å². The highest BCUT2D eigenvalue weighted by atomic mass is 28.3. The molecule has 1 aliphatic heterocycles. The molecule has 0 N–H and O–H groups in total. The smallest absolute Gasteiger partial charge is 0.159 e. The van der Waals surface area contributed by atoms with Crippen LogP contribution in [0.3, 0.4) is 0 Å². The molecular formula is C25H40F2Si. The average molecular weight is 407 g/mol. The molecule has 0 nitrogen and oxygen atoms in total. The fourth-order valence-corrected chi connectivity index (χ4v) is 9.61. The molecular weight excluding hydrogens is 366 g/mol. The van der Waals surface area contributed by atoms with Gasteiger partial charge in [-0.25, -0.2) is 8.78 Å². The van der Waals surface area contributed by atoms with Crippen molar-refractivity contribution in [3.8, 4) is 0 Å². The zero-order chi connectivity index (χ0) is 20.0. The maximum atomic E-state index is 13.4. The highest BCUT2D eigenvalue weighted by Crippen LogP contribution is 2.44. The maximum absolute atomic E-state index is 13.4. The molecule has 3 rings (SSSR count). The van der Waals surface area contributed by atoms with E-state index >= 15 is 0 Å². The third-order valence-electron chi connectivity index (χ3n) is 8.01. The van der Waals surface area contributed by atoms with Gasteiger partial charge in [0, 0.05) is 0 Å². The van der Waals surface area contributed by atoms with E-state index in [2.05, 4.69) is 13.5 Å². The molecule has 0 aromatic heterocycles. The summed E-state index contributed by atoms with van der Waals surface area (Å²) in [7, 11) is -1.21. The van der Waals surface area contributed by atoms with E-state index in [0.29, 0.717) is 0 Å². The van der Waals surface area contributed by atoms with Gasteiger partial charge in [-0.2, -0.15) is 0 Å². The Kier molecular flexibility index (Phi) is 8.14. The van der Waals surface area contributed by atoms with E-state index in [1.165, 1.54) is 94.5 Å². The summed E-state index contributed by atoms with van der Waals surface area (Å²) < 4.78 is 26.6. The van der Waals surface area contributed by atoms with Crippen molar-refractivity contribution in [2.75, 3.05) is 0 Å². The van der Waals surface area contributed by atoms with E-state index in [-0.39, 0.29) is 0 Å². The number of aryl methyl sites for hydroxylation is 1. The highest BCUT2D eigenvalue weighted by molar-refractivity contribution is 6.78. The first-order chi connectivity index (χ1) is 13.5. The Morgan fingerprint density at radius 2 is 1.57 bits per heavy atom. The van der Waals surface area contributed by atoms with Crippen molar-refractivity contribution >= 4 is 8.07 Å². The summed E-state index contributed by atoms with van der Waals surface area (Å²) in [5, 5.41) is 0. The molecule has 28 heavy (non-hydrogen) atoms. The summed E-state index contributed by atoms with van der Waals surface area (Å²) in [6.07, 6.45) is 15.4. The summed E-state index contributed by atoms with van der Waals surface area (Å²) in [5.74, 6) is 1.56. The van der Waals surface area contributed by atoms with Gasteiger partial charge < -0.3 is 0 Å². The van der Waals surface area contributed by atoms with Gasteiger partial charge >= 0.3 is 0 Å². The van der Waals surface area contributed by atoms with Crippen LogP contribution in [0, 0.1) is 29.4 Å². The molecule has 3 heteroatoms. The van der Waals surface area contributed by atoms with E-state index < -0.39 is 19.7 Å². The van der Waals surface area contributed by atoms with Gasteiger partial charge in [-0.05, 0) is 54.7 Å². The molecule has 1 saturated heterocycles. The molecule has 1 aromatic rings. The minimum absolute atomic E-state index is 0.696. The first-order valence-electron chi connectivity index (χ1n) is 11.9. The maximum Gasteiger partial charge on any atom is 0.159 e. The van der Waals surface area contributed by atoms with Crippen LogP contribution in [0.4, 0.5) is 8.78 Å². The molecule has 1 heterocycles. The molecule has 0 unspecified atom stereocenters. The molecule has 0 radical (unpaired) electrons. The lowest BCUT2D eigenvalue weighted by Crippen LogP contribution is -2.37. The average Bonchev–Trinajstić information content (AvgIpc) is 2.70. The predicted octanol–water partition coefficient (Wildman–Crippen LogP) is 8.38. The molecule has 1 aliphatic carbocycles. The van der Waals surface area contributed by atoms with Gasteiger partial charge in [-0.15, -0.1) is 0 Å². The van der Waals surface area contributed by atoms with Crippen LogP contribution < -0.4 is 0 Å². The number of halogens is 2. The van der Waals surface area contributed by atoms with Gasteiger partial charge in [0.15, 0.2) is 11.6 Å². The monoisotopic (exact) mass is 406 g/mol. The zero-order valence-electron chi connectivity index (χ0n) is 18.1. The van der Waals surface area contributed by atoms with Crippen LogP contribution in [-0.2, 0) is 6.42 Å². The molecule has 0 bridgehead atoms. The quantitative estimate of drug-likeness (QED) is 0.300. The lowest BCUT2D eigenvalue weighted by Gasteiger charge is -2.41. The van der Waals surface area contributed by atoms with Crippen LogP contribution >= 0.6 is 0 Å². The summed E-state index contributed by atoms with van der Waals surface area (Å²) in [4.78, 5) is 0. The first-order valence-corrected chi connectivity index (χ1v) is 15.0. The molecule has 1 saturated carbocycles. The van der Waals surface area contributed by atoms with E-state index in [0.717, 1.165) is 29.7 Å². The number of hydrogen-bond donors (Lipinski definition) is 0. The Hall–Kier alpha value is -0.703. The standard InChI is InChI=1S/C25H40F2Si/c1-3-4-5-6-20-7-10-22(11-8-20)23-14-17-28(2,18-15-23)16-13-21-9-12-24(26)25(27)19-21/h9,12,19-20,22-23H,3-8,10-11,13-18H2,1-2H3/t20?,22?,23-,28-. The summed E-state index contributed by atoms with van der Waals surface area (Å²) >= 11 is 0. The second-order valence-corrected chi connectivity index (χ2v) is 15.3. The van der Waals surface area contributed by atoms with Crippen molar-refractivity contribution in [2.45, 2.75) is 102 Å². The number of unbranched alkanes of at least 4 members (excludes halogenated alkanes) is 2. The molecule has 1 aromatic carbocycles. The largest absolute Gasteiger partial charge is 0.204 e. The van der Waals surface area contributed by atoms with E-state index in [4.69, 9.17) is 0 Å². The van der Waals surface area contributed by atoms with Crippen molar-refractivity contribution in [1.82, 2.24) is 0 Å². The Morgan fingerprint density at radius 3 is 2.21 bits per heavy atom. The van der Waals surface area contributed by atoms with Gasteiger partial charge in [-0.3, -0.25) is 0 Å². The summed E-state index contributed by atoms with van der Waals surface area (Å²) in [6, 6.07) is 8.56. The second kappa shape index (κ2) is 10.4. The fourth-order valence-electron chi connectivity index (χ4n) is 5.83. The molecule has 158 valence electrons. The van der Waals surface area contributed by atoms with Crippen LogP contribution in [0.2, 0.25) is 24.7 Å². The normalized spacial score (nSPS) is 31.1. The van der Waals surface area contributed by atoms with Gasteiger partial charge in [0.25, 0.3) is 0 Å². The van der Waals surface area contributed by atoms with Crippen molar-refractivity contribution < 1.29 is 8.78 Å². The number of hydrogen-bond acceptors (Lipinski definition) is 0. The third kappa shape index (κ3) is 6.15. The van der Waals surface area contributed by atoms with Gasteiger partial charge in [-0.1, -0.05) is 89.0 Å². The Morgan fingerprint density at radius 1 is 0.893 bits per heavy atom. The Bertz CT molecular complexity index is 599. The first kappa shape index (κ1) is 22.0. The van der Waals surface area contributed by atoms with Crippen molar-refractivity contribution in [2.24, 2.45) is 17.8 Å². The van der Waals surface area contributed by atoms with Gasteiger partial charge in [0.2, 0.25) is 0 Å². The van der Waals surface area contributed by atoms with Crippen molar-refractivity contribution in [3.05, 3.63) is 35.4 Å². The molecule has 0 spiro atoms. The van der Waals surface area contributed by atoms with Crippen molar-refractivity contribution in [1.29, 1.82) is 0 Å². The van der Waals surface area contributed by atoms with E-state index in [1.54, 1.807) is 6.07 Å². The fraction of sp³-hybridized carbons (Fsp3) is 0.760. The summed E-state index contributed by atoms with van der Waals surface area (Å²) in [6.45, 7) is 4.85. The van der Waals surface area contributed by atoms with Crippen LogP contribution in [0.15, 0.2) is 18.2 Å². The van der Waals surface area contributed by atoms with Crippen molar-refractivity contribution in [3.63, 3.8) is 0 Å².